The summed E-state index contributed by atoms with van der Waals surface area (Å²) in [7, 11) is 2.83. The molecule has 3 heterocycles. The molecule has 274 valence electrons. The number of benzene rings is 2. The standard InChI is InChI=1S/C19H15ClF3N3O2.C15H22F3N5/c1-26-9-12(17(25-26)18(22)23)19(27)24-15-6-4-3-5-10(15)11-7-16(28-2)13(20)8-14(11)21;1-9(7-14(2,3)4)5-6-10-11(15(16,17)18)22-13-20-8-21-23(13)12(10)19/h3-9,18H,1-2H3,(H,24,27);8-9H,5-7,19H2,1-4H3. The predicted octanol–water partition coefficient (Wildman–Crippen LogP) is 8.81. The molecule has 17 heteroatoms. The molecular weight excluding hydrogens is 702 g/mol. The molecule has 0 aliphatic heterocycles. The molecule has 0 bridgehead atoms. The number of hydrogen-bond donors (Lipinski definition) is 2. The van der Waals surface area contributed by atoms with Gasteiger partial charge in [0.05, 0.1) is 17.7 Å². The van der Waals surface area contributed by atoms with Crippen molar-refractivity contribution in [3.05, 3.63) is 82.3 Å². The first kappa shape index (κ1) is 38.9. The first-order chi connectivity index (χ1) is 23.8. The number of aryl methyl sites for hydroxylation is 1. The Morgan fingerprint density at radius 3 is 2.43 bits per heavy atom. The Kier molecular flexibility index (Phi) is 11.9. The van der Waals surface area contributed by atoms with Gasteiger partial charge in [-0.15, -0.1) is 0 Å². The number of para-hydroxylation sites is 1. The number of rotatable bonds is 9. The zero-order valence-corrected chi connectivity index (χ0v) is 29.4. The summed E-state index contributed by atoms with van der Waals surface area (Å²) in [6, 6.07) is 8.90. The van der Waals surface area contributed by atoms with Crippen LogP contribution < -0.4 is 15.8 Å². The summed E-state index contributed by atoms with van der Waals surface area (Å²) in [5, 5.41) is 10.1. The Morgan fingerprint density at radius 1 is 1.12 bits per heavy atom. The molecule has 0 saturated carbocycles. The van der Waals surface area contributed by atoms with Gasteiger partial charge in [0.15, 0.2) is 5.69 Å². The first-order valence-corrected chi connectivity index (χ1v) is 16.0. The Balaban J connectivity index is 0.000000233. The largest absolute Gasteiger partial charge is 0.495 e. The minimum absolute atomic E-state index is 0.00346. The lowest BCUT2D eigenvalue weighted by molar-refractivity contribution is -0.141. The van der Waals surface area contributed by atoms with E-state index in [2.05, 4.69) is 46.3 Å². The maximum absolute atomic E-state index is 14.5. The highest BCUT2D eigenvalue weighted by atomic mass is 35.5. The molecule has 0 aliphatic rings. The number of nitrogens with one attached hydrogen (secondary N) is 1. The van der Waals surface area contributed by atoms with Crippen molar-refractivity contribution in [2.24, 2.45) is 18.4 Å². The zero-order chi connectivity index (χ0) is 37.8. The summed E-state index contributed by atoms with van der Waals surface area (Å²) < 4.78 is 88.0. The van der Waals surface area contributed by atoms with Gasteiger partial charge in [-0.3, -0.25) is 9.48 Å². The van der Waals surface area contributed by atoms with Crippen molar-refractivity contribution in [1.82, 2.24) is 29.4 Å². The van der Waals surface area contributed by atoms with Gasteiger partial charge >= 0.3 is 6.18 Å². The van der Waals surface area contributed by atoms with E-state index in [1.54, 1.807) is 18.2 Å². The highest BCUT2D eigenvalue weighted by molar-refractivity contribution is 6.32. The Labute approximate surface area is 295 Å². The maximum atomic E-state index is 14.5. The molecule has 51 heavy (non-hydrogen) atoms. The first-order valence-electron chi connectivity index (χ1n) is 15.6. The maximum Gasteiger partial charge on any atom is 0.433 e. The SMILES string of the molecule is CC(CCc1c(C(F)(F)F)nc2ncnn2c1N)CC(C)(C)C.COc1cc(-c2ccccc2NC(=O)c2cn(C)nc2C(F)F)c(F)cc1Cl. The number of alkyl halides is 5. The van der Waals surface area contributed by atoms with Crippen LogP contribution in [0.4, 0.5) is 37.8 Å². The molecule has 5 aromatic rings. The van der Waals surface area contributed by atoms with E-state index in [0.717, 1.165) is 28.0 Å². The zero-order valence-electron chi connectivity index (χ0n) is 28.6. The molecule has 3 N–H and O–H groups in total. The van der Waals surface area contributed by atoms with Gasteiger partial charge in [-0.25, -0.2) is 18.2 Å². The molecule has 0 spiro atoms. The molecular formula is C34H37ClF6N8O2. The number of hydrogen-bond acceptors (Lipinski definition) is 7. The van der Waals surface area contributed by atoms with Gasteiger partial charge in [0.2, 0.25) is 0 Å². The van der Waals surface area contributed by atoms with Crippen molar-refractivity contribution in [2.75, 3.05) is 18.2 Å². The summed E-state index contributed by atoms with van der Waals surface area (Å²) in [5.74, 6) is -1.04. The lowest BCUT2D eigenvalue weighted by Crippen LogP contribution is -2.19. The van der Waals surface area contributed by atoms with Crippen LogP contribution >= 0.6 is 11.6 Å². The summed E-state index contributed by atoms with van der Waals surface area (Å²) in [6.45, 7) is 8.38. The fraction of sp³-hybridized carbons (Fsp3) is 0.382. The third kappa shape index (κ3) is 9.48. The van der Waals surface area contributed by atoms with Gasteiger partial charge in [0, 0.05) is 35.6 Å². The van der Waals surface area contributed by atoms with Crippen LogP contribution in [0.5, 0.6) is 5.75 Å². The van der Waals surface area contributed by atoms with Crippen LogP contribution in [-0.2, 0) is 19.6 Å². The molecule has 0 radical (unpaired) electrons. The monoisotopic (exact) mass is 738 g/mol. The molecule has 1 amide bonds. The van der Waals surface area contributed by atoms with Crippen molar-refractivity contribution < 1.29 is 35.9 Å². The quantitative estimate of drug-likeness (QED) is 0.145. The van der Waals surface area contributed by atoms with Crippen LogP contribution in [0.2, 0.25) is 5.02 Å². The summed E-state index contributed by atoms with van der Waals surface area (Å²) >= 11 is 5.93. The Hall–Kier alpha value is -4.86. The minimum atomic E-state index is -4.57. The predicted molar refractivity (Wildman–Crippen MR) is 181 cm³/mol. The van der Waals surface area contributed by atoms with Gasteiger partial charge in [-0.2, -0.15) is 32.9 Å². The van der Waals surface area contributed by atoms with E-state index in [-0.39, 0.29) is 62.5 Å². The Bertz CT molecular complexity index is 2010. The Morgan fingerprint density at radius 2 is 1.80 bits per heavy atom. The highest BCUT2D eigenvalue weighted by Crippen LogP contribution is 2.37. The number of methoxy groups -OCH3 is 1. The number of carbonyl (C=O) groups is 1. The number of fused-ring (bicyclic) bond motifs is 1. The van der Waals surface area contributed by atoms with Crippen LogP contribution in [0.1, 0.15) is 74.3 Å². The second kappa shape index (κ2) is 15.6. The van der Waals surface area contributed by atoms with Crippen molar-refractivity contribution >= 4 is 34.8 Å². The molecule has 2 aromatic carbocycles. The number of nitrogens with two attached hydrogens (primary N) is 1. The van der Waals surface area contributed by atoms with Crippen LogP contribution in [-0.4, -0.2) is 42.4 Å². The minimum Gasteiger partial charge on any atom is -0.495 e. The number of halogens is 7. The van der Waals surface area contributed by atoms with Gasteiger partial charge in [-0.1, -0.05) is 57.5 Å². The molecule has 5 rings (SSSR count). The third-order valence-corrected chi connectivity index (χ3v) is 7.99. The van der Waals surface area contributed by atoms with Gasteiger partial charge < -0.3 is 15.8 Å². The third-order valence-electron chi connectivity index (χ3n) is 7.70. The fourth-order valence-corrected chi connectivity index (χ4v) is 5.90. The van der Waals surface area contributed by atoms with Crippen molar-refractivity contribution in [3.63, 3.8) is 0 Å². The van der Waals surface area contributed by atoms with E-state index in [9.17, 15) is 31.1 Å². The number of ether oxygens (including phenoxy) is 1. The average Bonchev–Trinajstić information content (AvgIpc) is 3.67. The van der Waals surface area contributed by atoms with E-state index in [1.165, 1.54) is 32.5 Å². The van der Waals surface area contributed by atoms with E-state index in [0.29, 0.717) is 12.0 Å². The number of amides is 1. The lowest BCUT2D eigenvalue weighted by atomic mass is 9.83. The summed E-state index contributed by atoms with van der Waals surface area (Å²) in [4.78, 5) is 19.9. The summed E-state index contributed by atoms with van der Waals surface area (Å²) in [5.41, 5.74) is 4.88. The number of nitrogen functional groups attached to an aromatic ring is 1. The molecule has 0 fully saturated rings. The fourth-order valence-electron chi connectivity index (χ4n) is 5.67. The normalized spacial score (nSPS) is 12.5. The molecule has 1 atom stereocenters. The number of aromatic nitrogens is 6. The second-order valence-electron chi connectivity index (χ2n) is 13.1. The van der Waals surface area contributed by atoms with Gasteiger partial charge in [0.1, 0.15) is 29.4 Å². The number of nitrogens with zero attached hydrogens (tertiary/aromatic N) is 6. The van der Waals surface area contributed by atoms with Gasteiger partial charge in [-0.05, 0) is 48.8 Å². The average molecular weight is 739 g/mol. The topological polar surface area (TPSA) is 125 Å². The van der Waals surface area contributed by atoms with E-state index in [1.807, 2.05) is 6.92 Å². The second-order valence-corrected chi connectivity index (χ2v) is 13.5. The van der Waals surface area contributed by atoms with Crippen LogP contribution in [0.15, 0.2) is 48.9 Å². The smallest absolute Gasteiger partial charge is 0.433 e. The van der Waals surface area contributed by atoms with E-state index < -0.39 is 35.7 Å². The van der Waals surface area contributed by atoms with Crippen LogP contribution in [0.25, 0.3) is 16.9 Å². The van der Waals surface area contributed by atoms with Crippen LogP contribution in [0.3, 0.4) is 0 Å². The van der Waals surface area contributed by atoms with Gasteiger partial charge in [0.25, 0.3) is 18.1 Å². The summed E-state index contributed by atoms with van der Waals surface area (Å²) in [6.07, 6.45) is -3.39. The molecule has 10 nitrogen and oxygen atoms in total. The van der Waals surface area contributed by atoms with E-state index in [4.69, 9.17) is 22.1 Å². The van der Waals surface area contributed by atoms with E-state index >= 15 is 0 Å². The lowest BCUT2D eigenvalue weighted by Gasteiger charge is -2.23. The van der Waals surface area contributed by atoms with Crippen molar-refractivity contribution in [1.29, 1.82) is 0 Å². The number of carbonyl (C=O) groups excluding carboxylic acids is 1. The molecule has 1 unspecified atom stereocenters. The van der Waals surface area contributed by atoms with Crippen molar-refractivity contribution in [2.45, 2.75) is 59.6 Å². The molecule has 0 saturated heterocycles. The number of anilines is 2. The molecule has 3 aromatic heterocycles. The highest BCUT2D eigenvalue weighted by Gasteiger charge is 2.37. The van der Waals surface area contributed by atoms with Crippen molar-refractivity contribution in [3.8, 4) is 16.9 Å². The molecule has 0 aliphatic carbocycles. The van der Waals surface area contributed by atoms with Crippen LogP contribution in [0, 0.1) is 17.2 Å².